The Hall–Kier alpha value is -0.330. The van der Waals surface area contributed by atoms with Crippen molar-refractivity contribution in [3.8, 4) is 0 Å². The van der Waals surface area contributed by atoms with Crippen LogP contribution in [0, 0.1) is 94.7 Å². The van der Waals surface area contributed by atoms with Crippen LogP contribution in [-0.2, 0) is 4.79 Å². The van der Waals surface area contributed by atoms with Crippen molar-refractivity contribution in [1.29, 1.82) is 0 Å². The molecule has 0 heterocycles. The minimum atomic E-state index is 0.557. The summed E-state index contributed by atoms with van der Waals surface area (Å²) in [5.74, 6) is 15.8. The number of carbonyl (C=O) groups is 1. The smallest absolute Gasteiger partial charge is 0.140 e. The highest BCUT2D eigenvalue weighted by molar-refractivity contribution is 5.88. The first-order valence-electron chi connectivity index (χ1n) is 12.8. The lowest BCUT2D eigenvalue weighted by Gasteiger charge is -2.58. The lowest BCUT2D eigenvalue weighted by atomic mass is 9.46. The highest BCUT2D eigenvalue weighted by atomic mass is 16.1. The minimum Gasteiger partial charge on any atom is -0.299 e. The van der Waals surface area contributed by atoms with E-state index >= 15 is 0 Å². The quantitative estimate of drug-likeness (QED) is 0.551. The molecule has 0 aromatic heterocycles. The predicted molar refractivity (Wildman–Crippen MR) is 102 cm³/mol. The van der Waals surface area contributed by atoms with Crippen LogP contribution in [0.15, 0.2) is 0 Å². The van der Waals surface area contributed by atoms with E-state index in [9.17, 15) is 4.79 Å². The molecule has 0 spiro atoms. The van der Waals surface area contributed by atoms with Crippen LogP contribution in [0.4, 0.5) is 0 Å². The third kappa shape index (κ3) is 1.36. The zero-order valence-corrected chi connectivity index (χ0v) is 16.5. The summed E-state index contributed by atoms with van der Waals surface area (Å²) in [7, 11) is 0. The summed E-state index contributed by atoms with van der Waals surface area (Å²) in [5.41, 5.74) is 0. The molecule has 0 aromatic rings. The van der Waals surface area contributed by atoms with Crippen LogP contribution >= 0.6 is 0 Å². The molecule has 10 unspecified atom stereocenters. The number of fused-ring (bicyclic) bond motifs is 15. The van der Waals surface area contributed by atoms with Gasteiger partial charge in [-0.05, 0) is 141 Å². The average molecular weight is 363 g/mol. The van der Waals surface area contributed by atoms with Crippen LogP contribution in [0.2, 0.25) is 0 Å². The van der Waals surface area contributed by atoms with Gasteiger partial charge in [0.15, 0.2) is 0 Å². The predicted octanol–water partition coefficient (Wildman–Crippen LogP) is 5.05. The first-order chi connectivity index (χ1) is 13.3. The maximum absolute atomic E-state index is 14.0. The molecule has 1 nitrogen and oxygen atoms in total. The van der Waals surface area contributed by atoms with Gasteiger partial charge in [-0.1, -0.05) is 0 Å². The van der Waals surface area contributed by atoms with E-state index in [4.69, 9.17) is 0 Å². The van der Waals surface area contributed by atoms with E-state index in [1.54, 1.807) is 25.7 Å². The Labute approximate surface area is 163 Å². The first kappa shape index (κ1) is 14.6. The molecular formula is C26H34O. The second-order valence-electron chi connectivity index (χ2n) is 13.1. The van der Waals surface area contributed by atoms with Crippen LogP contribution in [0.25, 0.3) is 0 Å². The molecule has 10 aliphatic rings. The maximum Gasteiger partial charge on any atom is 0.140 e. The van der Waals surface area contributed by atoms with Gasteiger partial charge in [0.25, 0.3) is 0 Å². The van der Waals surface area contributed by atoms with Crippen molar-refractivity contribution < 1.29 is 4.79 Å². The van der Waals surface area contributed by atoms with E-state index in [0.717, 1.165) is 88.6 Å². The second kappa shape index (κ2) is 4.39. The Balaban J connectivity index is 1.17. The van der Waals surface area contributed by atoms with E-state index in [1.165, 1.54) is 32.1 Å². The molecule has 0 aliphatic heterocycles. The van der Waals surface area contributed by atoms with Gasteiger partial charge < -0.3 is 0 Å². The molecular weight excluding hydrogens is 328 g/mol. The molecule has 8 bridgehead atoms. The summed E-state index contributed by atoms with van der Waals surface area (Å²) < 4.78 is 0. The third-order valence-electron chi connectivity index (χ3n) is 13.3. The Kier molecular flexibility index (Phi) is 2.38. The number of ketones is 1. The van der Waals surface area contributed by atoms with Gasteiger partial charge in [0.1, 0.15) is 5.78 Å². The van der Waals surface area contributed by atoms with Gasteiger partial charge >= 0.3 is 0 Å². The molecule has 0 radical (unpaired) electrons. The Morgan fingerprint density at radius 1 is 0.444 bits per heavy atom. The fourth-order valence-electron chi connectivity index (χ4n) is 13.5. The lowest BCUT2D eigenvalue weighted by Crippen LogP contribution is -2.54. The standard InChI is InChI=1S/C26H34O/c27-26-24-15-6-5-14(18-10-1-2-11(7-10)19(15)18)22(24)23-16-9-17(25(23)26)21-13-4-3-12(8-13)20(16)21/h10-25H,1-9H2/t10-,11-,12-,13-,14?,15?,16-,17-,18?,19?,20?,21?,22?,23?,24?,25?/m1/s1. The van der Waals surface area contributed by atoms with Crippen molar-refractivity contribution >= 4 is 5.78 Å². The third-order valence-corrected chi connectivity index (χ3v) is 13.3. The zero-order valence-electron chi connectivity index (χ0n) is 16.5. The average Bonchev–Trinajstić information content (AvgIpc) is 3.51. The summed E-state index contributed by atoms with van der Waals surface area (Å²) in [4.78, 5) is 14.0. The Bertz CT molecular complexity index is 755. The van der Waals surface area contributed by atoms with Crippen LogP contribution in [0.5, 0.6) is 0 Å². The lowest BCUT2D eigenvalue weighted by molar-refractivity contribution is -0.140. The van der Waals surface area contributed by atoms with Gasteiger partial charge in [-0.2, -0.15) is 0 Å². The summed E-state index contributed by atoms with van der Waals surface area (Å²) in [6.45, 7) is 0. The molecule has 10 aliphatic carbocycles. The molecule has 10 rings (SSSR count). The molecule has 0 saturated heterocycles. The Morgan fingerprint density at radius 3 is 1.63 bits per heavy atom. The number of carbonyl (C=O) groups excluding carboxylic acids is 1. The van der Waals surface area contributed by atoms with E-state index in [0.29, 0.717) is 11.8 Å². The normalized spacial score (nSPS) is 73.4. The van der Waals surface area contributed by atoms with E-state index in [2.05, 4.69) is 0 Å². The highest BCUT2D eigenvalue weighted by Crippen LogP contribution is 2.78. The van der Waals surface area contributed by atoms with Gasteiger partial charge in [-0.15, -0.1) is 0 Å². The first-order valence-corrected chi connectivity index (χ1v) is 12.8. The van der Waals surface area contributed by atoms with Gasteiger partial charge in [0, 0.05) is 11.8 Å². The van der Waals surface area contributed by atoms with Crippen molar-refractivity contribution in [2.24, 2.45) is 94.7 Å². The zero-order chi connectivity index (χ0) is 17.2. The van der Waals surface area contributed by atoms with Gasteiger partial charge in [-0.3, -0.25) is 4.79 Å². The molecule has 0 N–H and O–H groups in total. The second-order valence-corrected chi connectivity index (χ2v) is 13.1. The SMILES string of the molecule is O=C1C2C3CCC(C2C2C1[C@@H]1C[C@@H]2C2C1[C@@H]1CC[C@@H]2C1)C1C3[C@@H]2CC[C@@H]1C2. The van der Waals surface area contributed by atoms with Crippen molar-refractivity contribution in [1.82, 2.24) is 0 Å². The molecule has 27 heavy (non-hydrogen) atoms. The molecule has 16 atom stereocenters. The largest absolute Gasteiger partial charge is 0.299 e. The summed E-state index contributed by atoms with van der Waals surface area (Å²) in [5, 5.41) is 0. The number of rotatable bonds is 0. The summed E-state index contributed by atoms with van der Waals surface area (Å²) in [6.07, 6.45) is 13.7. The molecule has 0 aromatic carbocycles. The maximum atomic E-state index is 14.0. The van der Waals surface area contributed by atoms with Crippen molar-refractivity contribution in [3.05, 3.63) is 0 Å². The van der Waals surface area contributed by atoms with Crippen LogP contribution in [0.1, 0.15) is 57.8 Å². The summed E-state index contributed by atoms with van der Waals surface area (Å²) in [6, 6.07) is 0. The fraction of sp³-hybridized carbons (Fsp3) is 0.962. The van der Waals surface area contributed by atoms with Crippen molar-refractivity contribution in [2.45, 2.75) is 57.8 Å². The number of hydrogen-bond donors (Lipinski definition) is 0. The minimum absolute atomic E-state index is 0.557. The monoisotopic (exact) mass is 362 g/mol. The topological polar surface area (TPSA) is 17.1 Å². The van der Waals surface area contributed by atoms with E-state index < -0.39 is 0 Å². The van der Waals surface area contributed by atoms with E-state index in [-0.39, 0.29) is 0 Å². The Morgan fingerprint density at radius 2 is 0.926 bits per heavy atom. The van der Waals surface area contributed by atoms with Gasteiger partial charge in [0.2, 0.25) is 0 Å². The molecule has 1 heteroatoms. The summed E-state index contributed by atoms with van der Waals surface area (Å²) >= 11 is 0. The van der Waals surface area contributed by atoms with Gasteiger partial charge in [-0.25, -0.2) is 0 Å². The van der Waals surface area contributed by atoms with Crippen LogP contribution in [-0.4, -0.2) is 5.78 Å². The van der Waals surface area contributed by atoms with E-state index in [1.807, 2.05) is 0 Å². The molecule has 0 amide bonds. The molecule has 10 fully saturated rings. The van der Waals surface area contributed by atoms with Crippen LogP contribution in [0.3, 0.4) is 0 Å². The molecule has 144 valence electrons. The fourth-order valence-corrected chi connectivity index (χ4v) is 13.5. The van der Waals surface area contributed by atoms with Crippen molar-refractivity contribution in [2.75, 3.05) is 0 Å². The van der Waals surface area contributed by atoms with Gasteiger partial charge in [0.05, 0.1) is 0 Å². The van der Waals surface area contributed by atoms with Crippen LogP contribution < -0.4 is 0 Å². The number of hydrogen-bond acceptors (Lipinski definition) is 1. The number of Topliss-reactive ketones (excluding diaryl/α,β-unsaturated/α-hetero) is 1. The molecule has 10 saturated carbocycles. The van der Waals surface area contributed by atoms with Crippen molar-refractivity contribution in [3.63, 3.8) is 0 Å². The highest BCUT2D eigenvalue weighted by Gasteiger charge is 2.76.